The molecule has 3 aliphatic heterocycles. The fourth-order valence-corrected chi connectivity index (χ4v) is 4.63. The molecular weight excluding hydrogens is 431 g/mol. The van der Waals surface area contributed by atoms with Gasteiger partial charge in [0, 0.05) is 17.9 Å². The predicted octanol–water partition coefficient (Wildman–Crippen LogP) is 3.57. The summed E-state index contributed by atoms with van der Waals surface area (Å²) in [5.41, 5.74) is 3.21. The second-order valence-corrected chi connectivity index (χ2v) is 10.2. The Kier molecular flexibility index (Phi) is 6.00. The molecule has 3 aliphatic rings. The first-order valence-electron chi connectivity index (χ1n) is 11.8. The minimum atomic E-state index is -0.464. The maximum absolute atomic E-state index is 13.0. The summed E-state index contributed by atoms with van der Waals surface area (Å²) in [6.45, 7) is 9.36. The van der Waals surface area contributed by atoms with Gasteiger partial charge in [0.1, 0.15) is 6.61 Å². The number of amides is 1. The van der Waals surface area contributed by atoms with E-state index >= 15 is 0 Å². The van der Waals surface area contributed by atoms with Crippen molar-refractivity contribution in [2.75, 3.05) is 13.2 Å². The Morgan fingerprint density at radius 2 is 1.85 bits per heavy atom. The number of hydrogen-bond acceptors (Lipinski definition) is 6. The van der Waals surface area contributed by atoms with Crippen LogP contribution in [0.4, 0.5) is 4.79 Å². The normalized spacial score (nSPS) is 25.1. The number of carbonyl (C=O) groups excluding carboxylic acids is 1. The molecule has 0 saturated carbocycles. The molecule has 2 bridgehead atoms. The summed E-state index contributed by atoms with van der Waals surface area (Å²) in [5.74, 6) is 0. The van der Waals surface area contributed by atoms with E-state index in [1.807, 2.05) is 69.1 Å². The number of benzene rings is 1. The third kappa shape index (κ3) is 4.38. The van der Waals surface area contributed by atoms with Crippen LogP contribution < -0.4 is 5.46 Å². The van der Waals surface area contributed by atoms with Crippen LogP contribution in [0.15, 0.2) is 54.9 Å². The van der Waals surface area contributed by atoms with Gasteiger partial charge in [0.25, 0.3) is 0 Å². The molecule has 1 aromatic heterocycles. The number of ether oxygens (including phenoxy) is 2. The van der Waals surface area contributed by atoms with Crippen molar-refractivity contribution in [3.05, 3.63) is 66.0 Å². The van der Waals surface area contributed by atoms with E-state index in [0.717, 1.165) is 22.2 Å². The lowest BCUT2D eigenvalue weighted by atomic mass is 9.78. The number of carbonyl (C=O) groups is 1. The summed E-state index contributed by atoms with van der Waals surface area (Å²) >= 11 is 0. The highest BCUT2D eigenvalue weighted by Gasteiger charge is 2.52. The first kappa shape index (κ1) is 23.1. The number of pyridine rings is 1. The van der Waals surface area contributed by atoms with Crippen LogP contribution in [0.2, 0.25) is 0 Å². The smallest absolute Gasteiger partial charge is 0.445 e. The first-order valence-corrected chi connectivity index (χ1v) is 11.8. The maximum atomic E-state index is 13.0. The Morgan fingerprint density at radius 1 is 1.12 bits per heavy atom. The highest BCUT2D eigenvalue weighted by atomic mass is 16.7. The third-order valence-corrected chi connectivity index (χ3v) is 7.27. The molecule has 0 aliphatic carbocycles. The SMILES string of the molecule is CC1(C)OB(c2cncc(C3=CC4COCC(C3)N4C(=O)OCc3ccccc3)c2)OC1(C)C. The second-order valence-electron chi connectivity index (χ2n) is 10.2. The fourth-order valence-electron chi connectivity index (χ4n) is 4.63. The third-order valence-electron chi connectivity index (χ3n) is 7.27. The summed E-state index contributed by atoms with van der Waals surface area (Å²) in [6, 6.07) is 11.5. The predicted molar refractivity (Wildman–Crippen MR) is 129 cm³/mol. The Balaban J connectivity index is 1.33. The zero-order chi connectivity index (χ0) is 23.9. The molecule has 34 heavy (non-hydrogen) atoms. The molecular formula is C26H31BN2O5. The van der Waals surface area contributed by atoms with Crippen molar-refractivity contribution < 1.29 is 23.6 Å². The van der Waals surface area contributed by atoms with Gasteiger partial charge in [-0.25, -0.2) is 4.79 Å². The Bertz CT molecular complexity index is 1070. The van der Waals surface area contributed by atoms with Crippen LogP contribution in [0.5, 0.6) is 0 Å². The van der Waals surface area contributed by atoms with Crippen LogP contribution in [0.25, 0.3) is 5.57 Å². The molecule has 2 unspecified atom stereocenters. The van der Waals surface area contributed by atoms with Gasteiger partial charge in [-0.1, -0.05) is 42.5 Å². The zero-order valence-corrected chi connectivity index (χ0v) is 20.2. The topological polar surface area (TPSA) is 70.1 Å². The van der Waals surface area contributed by atoms with E-state index in [-0.39, 0.29) is 24.8 Å². The number of rotatable bonds is 4. The van der Waals surface area contributed by atoms with Crippen molar-refractivity contribution in [3.8, 4) is 0 Å². The van der Waals surface area contributed by atoms with E-state index in [1.165, 1.54) is 0 Å². The van der Waals surface area contributed by atoms with E-state index in [1.54, 1.807) is 6.20 Å². The molecule has 4 heterocycles. The lowest BCUT2D eigenvalue weighted by Gasteiger charge is -2.43. The average Bonchev–Trinajstić information content (AvgIpc) is 3.04. The van der Waals surface area contributed by atoms with Gasteiger partial charge in [0.15, 0.2) is 0 Å². The number of nitrogens with zero attached hydrogens (tertiary/aromatic N) is 2. The number of fused-ring (bicyclic) bond motifs is 2. The van der Waals surface area contributed by atoms with Crippen molar-refractivity contribution in [1.82, 2.24) is 9.88 Å². The van der Waals surface area contributed by atoms with Gasteiger partial charge in [-0.2, -0.15) is 0 Å². The quantitative estimate of drug-likeness (QED) is 0.648. The minimum Gasteiger partial charge on any atom is -0.445 e. The average molecular weight is 462 g/mol. The summed E-state index contributed by atoms with van der Waals surface area (Å²) in [7, 11) is -0.464. The first-order chi connectivity index (χ1) is 16.2. The van der Waals surface area contributed by atoms with Crippen LogP contribution in [-0.2, 0) is 25.4 Å². The van der Waals surface area contributed by atoms with Crippen molar-refractivity contribution in [2.24, 2.45) is 0 Å². The molecule has 7 nitrogen and oxygen atoms in total. The summed E-state index contributed by atoms with van der Waals surface area (Å²) in [4.78, 5) is 19.2. The van der Waals surface area contributed by atoms with Crippen molar-refractivity contribution in [2.45, 2.75) is 64.0 Å². The second kappa shape index (κ2) is 8.84. The molecule has 0 spiro atoms. The molecule has 1 aromatic carbocycles. The lowest BCUT2D eigenvalue weighted by molar-refractivity contribution is -0.0342. The highest BCUT2D eigenvalue weighted by Crippen LogP contribution is 2.37. The minimum absolute atomic E-state index is 0.0810. The van der Waals surface area contributed by atoms with Gasteiger partial charge in [-0.3, -0.25) is 9.88 Å². The summed E-state index contributed by atoms with van der Waals surface area (Å²) in [5, 5.41) is 0. The van der Waals surface area contributed by atoms with Crippen molar-refractivity contribution in [3.63, 3.8) is 0 Å². The molecule has 2 atom stereocenters. The molecule has 0 radical (unpaired) electrons. The van der Waals surface area contributed by atoms with E-state index < -0.39 is 18.3 Å². The van der Waals surface area contributed by atoms with Gasteiger partial charge in [-0.15, -0.1) is 0 Å². The van der Waals surface area contributed by atoms with Gasteiger partial charge in [-0.05, 0) is 50.8 Å². The Hall–Kier alpha value is -2.68. The van der Waals surface area contributed by atoms with E-state index in [2.05, 4.69) is 17.1 Å². The van der Waals surface area contributed by atoms with Gasteiger partial charge >= 0.3 is 13.2 Å². The fraction of sp³-hybridized carbons (Fsp3) is 0.462. The van der Waals surface area contributed by atoms with Crippen LogP contribution in [0, 0.1) is 0 Å². The monoisotopic (exact) mass is 462 g/mol. The summed E-state index contributed by atoms with van der Waals surface area (Å²) in [6.07, 6.45) is 6.13. The largest absolute Gasteiger partial charge is 0.496 e. The summed E-state index contributed by atoms with van der Waals surface area (Å²) < 4.78 is 23.8. The molecule has 0 N–H and O–H groups in total. The number of hydrogen-bond donors (Lipinski definition) is 0. The molecule has 1 amide bonds. The highest BCUT2D eigenvalue weighted by molar-refractivity contribution is 6.62. The Morgan fingerprint density at radius 3 is 2.56 bits per heavy atom. The lowest BCUT2D eigenvalue weighted by Crippen LogP contribution is -2.56. The van der Waals surface area contributed by atoms with Crippen LogP contribution in [-0.4, -0.2) is 59.6 Å². The number of aromatic nitrogens is 1. The van der Waals surface area contributed by atoms with Gasteiger partial charge < -0.3 is 18.8 Å². The molecule has 2 saturated heterocycles. The standard InChI is InChI=1S/C26H31BN2O5/c1-25(2)26(3,4)34-27(33-25)21-10-20(13-28-14-21)19-11-22-16-31-17-23(12-19)29(22)24(30)32-15-18-8-6-5-7-9-18/h5-11,13-14,22-23H,12,15-17H2,1-4H3. The van der Waals surface area contributed by atoms with E-state index in [9.17, 15) is 4.79 Å². The van der Waals surface area contributed by atoms with Crippen molar-refractivity contribution in [1.29, 1.82) is 0 Å². The van der Waals surface area contributed by atoms with E-state index in [4.69, 9.17) is 18.8 Å². The zero-order valence-electron chi connectivity index (χ0n) is 20.2. The molecule has 5 rings (SSSR count). The van der Waals surface area contributed by atoms with Crippen molar-refractivity contribution >= 4 is 24.2 Å². The Labute approximate surface area is 201 Å². The van der Waals surface area contributed by atoms with E-state index in [0.29, 0.717) is 19.6 Å². The van der Waals surface area contributed by atoms with Crippen LogP contribution in [0.3, 0.4) is 0 Å². The molecule has 178 valence electrons. The van der Waals surface area contributed by atoms with Crippen LogP contribution in [0.1, 0.15) is 45.2 Å². The number of morpholine rings is 1. The van der Waals surface area contributed by atoms with Gasteiger partial charge in [0.2, 0.25) is 0 Å². The molecule has 8 heteroatoms. The van der Waals surface area contributed by atoms with Crippen LogP contribution >= 0.6 is 0 Å². The molecule has 2 aromatic rings. The molecule has 2 fully saturated rings. The van der Waals surface area contributed by atoms with Gasteiger partial charge in [0.05, 0.1) is 36.5 Å². The maximum Gasteiger partial charge on any atom is 0.496 e.